The Balaban J connectivity index is 1.36. The predicted octanol–water partition coefficient (Wildman–Crippen LogP) is 3.92. The molecule has 1 aromatic rings. The zero-order valence-electron chi connectivity index (χ0n) is 21.2. The lowest BCUT2D eigenvalue weighted by Crippen LogP contribution is -2.51. The predicted molar refractivity (Wildman–Crippen MR) is 140 cm³/mol. The van der Waals surface area contributed by atoms with Crippen molar-refractivity contribution < 1.29 is 19.1 Å². The second-order valence-electron chi connectivity index (χ2n) is 9.69. The second-order valence-corrected chi connectivity index (χ2v) is 10.5. The van der Waals surface area contributed by atoms with Gasteiger partial charge in [0.15, 0.2) is 5.17 Å². The molecular formula is C27H34N4O4S. The highest BCUT2D eigenvalue weighted by Crippen LogP contribution is 2.45. The summed E-state index contributed by atoms with van der Waals surface area (Å²) in [5, 5.41) is 2.76. The number of amides is 1. The van der Waals surface area contributed by atoms with Gasteiger partial charge in [0.2, 0.25) is 5.91 Å². The Kier molecular flexibility index (Phi) is 7.39. The van der Waals surface area contributed by atoms with Crippen LogP contribution in [0.2, 0.25) is 0 Å². The number of thioether (sulfide) groups is 1. The molecule has 5 rings (SSSR count). The number of hydrogen-bond donors (Lipinski definition) is 0. The Labute approximate surface area is 217 Å². The number of hydrogen-bond acceptors (Lipinski definition) is 8. The van der Waals surface area contributed by atoms with Crippen LogP contribution in [0.5, 0.6) is 5.75 Å². The fourth-order valence-electron chi connectivity index (χ4n) is 5.74. The zero-order chi connectivity index (χ0) is 25.2. The lowest BCUT2D eigenvalue weighted by atomic mass is 9.93. The van der Waals surface area contributed by atoms with Crippen molar-refractivity contribution in [1.29, 1.82) is 0 Å². The van der Waals surface area contributed by atoms with E-state index < -0.39 is 12.0 Å². The molecule has 1 saturated heterocycles. The number of allylic oxidation sites excluding steroid dienone is 1. The summed E-state index contributed by atoms with van der Waals surface area (Å²) in [6.45, 7) is 5.26. The van der Waals surface area contributed by atoms with E-state index in [1.54, 1.807) is 7.11 Å². The number of aliphatic imine (C=N–C) groups is 1. The van der Waals surface area contributed by atoms with Gasteiger partial charge in [-0.05, 0) is 42.9 Å². The van der Waals surface area contributed by atoms with Gasteiger partial charge in [-0.25, -0.2) is 9.79 Å². The third kappa shape index (κ3) is 4.78. The van der Waals surface area contributed by atoms with Crippen LogP contribution in [-0.4, -0.2) is 78.2 Å². The number of fused-ring (bicyclic) bond motifs is 1. The first kappa shape index (κ1) is 24.9. The Bertz CT molecular complexity index is 1120. The number of carbonyl (C=O) groups is 2. The quantitative estimate of drug-likeness (QED) is 0.537. The van der Waals surface area contributed by atoms with Crippen LogP contribution in [0.1, 0.15) is 50.6 Å². The lowest BCUT2D eigenvalue weighted by Gasteiger charge is -2.39. The third-order valence-electron chi connectivity index (χ3n) is 7.66. The topological polar surface area (TPSA) is 74.7 Å². The summed E-state index contributed by atoms with van der Waals surface area (Å²) in [6.07, 6.45) is 5.49. The second kappa shape index (κ2) is 10.7. The lowest BCUT2D eigenvalue weighted by molar-refractivity contribution is -0.136. The SMILES string of the molecule is COC(=O)C1=C(C)N=C2SC=C(CC(=O)N3CCN(C4CCCC4)CC3)N2[C@@H]1c1cccc(OC)c1. The van der Waals surface area contributed by atoms with Crippen LogP contribution in [0.3, 0.4) is 0 Å². The molecule has 8 nitrogen and oxygen atoms in total. The van der Waals surface area contributed by atoms with Crippen LogP contribution in [0.4, 0.5) is 0 Å². The van der Waals surface area contributed by atoms with Gasteiger partial charge in [-0.2, -0.15) is 0 Å². The highest BCUT2D eigenvalue weighted by molar-refractivity contribution is 8.16. The molecule has 1 saturated carbocycles. The van der Waals surface area contributed by atoms with E-state index in [1.807, 2.05) is 46.4 Å². The minimum atomic E-state index is -0.451. The molecule has 1 amide bonds. The Morgan fingerprint density at radius 3 is 2.56 bits per heavy atom. The number of piperazine rings is 1. The summed E-state index contributed by atoms with van der Waals surface area (Å²) in [7, 11) is 3.01. The molecule has 0 aromatic heterocycles. The number of esters is 1. The fourth-order valence-corrected chi connectivity index (χ4v) is 6.70. The van der Waals surface area contributed by atoms with E-state index in [0.29, 0.717) is 23.1 Å². The normalized spacial score (nSPS) is 22.9. The third-order valence-corrected chi connectivity index (χ3v) is 8.54. The first-order valence-electron chi connectivity index (χ1n) is 12.7. The van der Waals surface area contributed by atoms with Crippen LogP contribution in [-0.2, 0) is 14.3 Å². The van der Waals surface area contributed by atoms with E-state index in [9.17, 15) is 9.59 Å². The molecule has 0 N–H and O–H groups in total. The van der Waals surface area contributed by atoms with Gasteiger partial charge >= 0.3 is 5.97 Å². The van der Waals surface area contributed by atoms with Crippen molar-refractivity contribution in [1.82, 2.24) is 14.7 Å². The van der Waals surface area contributed by atoms with Gasteiger partial charge in [-0.3, -0.25) is 9.69 Å². The number of amidine groups is 1. The van der Waals surface area contributed by atoms with E-state index in [-0.39, 0.29) is 12.3 Å². The van der Waals surface area contributed by atoms with Crippen LogP contribution < -0.4 is 4.74 Å². The summed E-state index contributed by atoms with van der Waals surface area (Å²) in [5.74, 6) is 0.394. The van der Waals surface area contributed by atoms with Gasteiger partial charge in [0, 0.05) is 37.9 Å². The van der Waals surface area contributed by atoms with Crippen LogP contribution >= 0.6 is 11.8 Å². The molecule has 0 unspecified atom stereocenters. The average molecular weight is 511 g/mol. The number of methoxy groups -OCH3 is 2. The van der Waals surface area contributed by atoms with Gasteiger partial charge in [-0.1, -0.05) is 36.7 Å². The summed E-state index contributed by atoms with van der Waals surface area (Å²) >= 11 is 1.49. The highest BCUT2D eigenvalue weighted by Gasteiger charge is 2.41. The molecule has 2 fully saturated rings. The maximum absolute atomic E-state index is 13.4. The minimum absolute atomic E-state index is 0.115. The van der Waals surface area contributed by atoms with E-state index in [0.717, 1.165) is 42.6 Å². The standard InChI is InChI=1S/C27H34N4O4S/c1-18-24(26(33)35-3)25(19-7-6-10-22(15-19)34-2)31-21(17-36-27(31)28-18)16-23(32)30-13-11-29(12-14-30)20-8-4-5-9-20/h6-7,10,15,17,20,25H,4-5,8-9,11-14,16H2,1-3H3/t25-/m1/s1. The van der Waals surface area contributed by atoms with Gasteiger partial charge < -0.3 is 19.3 Å². The molecule has 1 aromatic carbocycles. The van der Waals surface area contributed by atoms with Crippen LogP contribution in [0.25, 0.3) is 0 Å². The van der Waals surface area contributed by atoms with Crippen molar-refractivity contribution in [3.05, 3.63) is 52.2 Å². The van der Waals surface area contributed by atoms with Crippen LogP contribution in [0, 0.1) is 0 Å². The van der Waals surface area contributed by atoms with E-state index in [4.69, 9.17) is 14.5 Å². The molecule has 36 heavy (non-hydrogen) atoms. The summed E-state index contributed by atoms with van der Waals surface area (Å²) in [5.41, 5.74) is 2.83. The molecule has 9 heteroatoms. The van der Waals surface area contributed by atoms with Crippen molar-refractivity contribution in [3.63, 3.8) is 0 Å². The molecular weight excluding hydrogens is 476 g/mol. The number of carbonyl (C=O) groups excluding carboxylic acids is 2. The summed E-state index contributed by atoms with van der Waals surface area (Å²) < 4.78 is 10.6. The molecule has 192 valence electrons. The Hall–Kier alpha value is -2.78. The van der Waals surface area contributed by atoms with Crippen molar-refractivity contribution in [2.75, 3.05) is 40.4 Å². The Morgan fingerprint density at radius 2 is 1.86 bits per heavy atom. The highest BCUT2D eigenvalue weighted by atomic mass is 32.2. The smallest absolute Gasteiger partial charge is 0.338 e. The van der Waals surface area contributed by atoms with Gasteiger partial charge in [0.05, 0.1) is 38.0 Å². The minimum Gasteiger partial charge on any atom is -0.497 e. The first-order valence-corrected chi connectivity index (χ1v) is 13.6. The number of rotatable bonds is 6. The number of ether oxygens (including phenoxy) is 2. The van der Waals surface area contributed by atoms with E-state index >= 15 is 0 Å². The largest absolute Gasteiger partial charge is 0.497 e. The van der Waals surface area contributed by atoms with Crippen molar-refractivity contribution in [2.45, 2.75) is 51.1 Å². The molecule has 1 aliphatic carbocycles. The zero-order valence-corrected chi connectivity index (χ0v) is 22.1. The molecule has 1 atom stereocenters. The monoisotopic (exact) mass is 510 g/mol. The number of nitrogens with zero attached hydrogens (tertiary/aromatic N) is 4. The van der Waals surface area contributed by atoms with E-state index in [2.05, 4.69) is 4.90 Å². The molecule has 3 heterocycles. The number of benzene rings is 1. The molecule has 0 radical (unpaired) electrons. The maximum atomic E-state index is 13.4. The Morgan fingerprint density at radius 1 is 1.11 bits per heavy atom. The first-order chi connectivity index (χ1) is 17.5. The average Bonchev–Trinajstić information content (AvgIpc) is 3.58. The summed E-state index contributed by atoms with van der Waals surface area (Å²) in [6, 6.07) is 7.92. The molecule has 0 bridgehead atoms. The van der Waals surface area contributed by atoms with Gasteiger partial charge in [0.25, 0.3) is 0 Å². The molecule has 3 aliphatic heterocycles. The van der Waals surface area contributed by atoms with Crippen molar-refractivity contribution in [3.8, 4) is 5.75 Å². The van der Waals surface area contributed by atoms with Gasteiger partial charge in [-0.15, -0.1) is 0 Å². The molecule has 0 spiro atoms. The van der Waals surface area contributed by atoms with Crippen molar-refractivity contribution in [2.24, 2.45) is 4.99 Å². The van der Waals surface area contributed by atoms with Gasteiger partial charge in [0.1, 0.15) is 5.75 Å². The van der Waals surface area contributed by atoms with Crippen molar-refractivity contribution >= 4 is 28.8 Å². The fraction of sp³-hybridized carbons (Fsp3) is 0.519. The van der Waals surface area contributed by atoms with Crippen LogP contribution in [0.15, 0.2) is 51.6 Å². The summed E-state index contributed by atoms with van der Waals surface area (Å²) in [4.78, 5) is 37.6. The molecule has 4 aliphatic rings. The van der Waals surface area contributed by atoms with E-state index in [1.165, 1.54) is 44.6 Å². The maximum Gasteiger partial charge on any atom is 0.338 e.